The van der Waals surface area contributed by atoms with Crippen LogP contribution >= 0.6 is 0 Å². The standard InChI is InChI=1S/C29H53NO11/c1-28(2,3)24-23-25(31)30(26(24)32)7-8-34-9-10-35-11-12-36-13-14-37-15-16-38-17-18-39-19-20-40-21-22-41-27(33)29(4,5)6/h24H,7-23H2,1-6H3. The van der Waals surface area contributed by atoms with Crippen LogP contribution < -0.4 is 0 Å². The van der Waals surface area contributed by atoms with Crippen molar-refractivity contribution in [2.24, 2.45) is 16.7 Å². The fourth-order valence-corrected chi connectivity index (χ4v) is 3.58. The van der Waals surface area contributed by atoms with E-state index in [1.807, 2.05) is 41.5 Å². The first-order valence-electron chi connectivity index (χ1n) is 14.5. The van der Waals surface area contributed by atoms with Crippen LogP contribution in [0.5, 0.6) is 0 Å². The predicted octanol–water partition coefficient (Wildman–Crippen LogP) is 2.11. The zero-order chi connectivity index (χ0) is 30.6. The van der Waals surface area contributed by atoms with E-state index in [0.29, 0.717) is 92.5 Å². The Kier molecular flexibility index (Phi) is 19.2. The van der Waals surface area contributed by atoms with Gasteiger partial charge in [0.05, 0.1) is 110 Å². The van der Waals surface area contributed by atoms with Gasteiger partial charge in [-0.15, -0.1) is 0 Å². The molecule has 0 aromatic heterocycles. The first-order chi connectivity index (χ1) is 19.4. The Morgan fingerprint density at radius 1 is 0.610 bits per heavy atom. The van der Waals surface area contributed by atoms with E-state index >= 15 is 0 Å². The lowest BCUT2D eigenvalue weighted by molar-refractivity contribution is -0.154. The summed E-state index contributed by atoms with van der Waals surface area (Å²) in [7, 11) is 0. The lowest BCUT2D eigenvalue weighted by atomic mass is 9.80. The van der Waals surface area contributed by atoms with Crippen molar-refractivity contribution in [1.82, 2.24) is 4.90 Å². The van der Waals surface area contributed by atoms with Gasteiger partial charge in [-0.2, -0.15) is 0 Å². The first-order valence-corrected chi connectivity index (χ1v) is 14.5. The number of hydrogen-bond acceptors (Lipinski definition) is 11. The molecule has 12 nitrogen and oxygen atoms in total. The van der Waals surface area contributed by atoms with E-state index in [4.69, 9.17) is 37.9 Å². The van der Waals surface area contributed by atoms with Gasteiger partial charge >= 0.3 is 5.97 Å². The third-order valence-corrected chi connectivity index (χ3v) is 6.05. The summed E-state index contributed by atoms with van der Waals surface area (Å²) in [4.78, 5) is 37.4. The van der Waals surface area contributed by atoms with Gasteiger partial charge in [0.2, 0.25) is 11.8 Å². The molecule has 41 heavy (non-hydrogen) atoms. The molecule has 0 N–H and O–H groups in total. The van der Waals surface area contributed by atoms with Gasteiger partial charge in [-0.05, 0) is 26.2 Å². The monoisotopic (exact) mass is 591 g/mol. The number of hydrogen-bond donors (Lipinski definition) is 0. The van der Waals surface area contributed by atoms with Gasteiger partial charge in [0, 0.05) is 6.42 Å². The Labute approximate surface area is 245 Å². The van der Waals surface area contributed by atoms with Crippen molar-refractivity contribution in [2.75, 3.05) is 106 Å². The molecule has 1 aliphatic heterocycles. The van der Waals surface area contributed by atoms with E-state index < -0.39 is 5.41 Å². The SMILES string of the molecule is CC(C)(C)C(=O)OCCOCCOCCOCCOCCOCCOCCOCCN1C(=O)CC(C(C)(C)C)C1=O. The van der Waals surface area contributed by atoms with Crippen molar-refractivity contribution in [3.8, 4) is 0 Å². The molecule has 0 radical (unpaired) electrons. The van der Waals surface area contributed by atoms with E-state index in [9.17, 15) is 14.4 Å². The van der Waals surface area contributed by atoms with E-state index in [1.165, 1.54) is 4.90 Å². The summed E-state index contributed by atoms with van der Waals surface area (Å²) >= 11 is 0. The summed E-state index contributed by atoms with van der Waals surface area (Å²) in [5.74, 6) is -0.724. The lowest BCUT2D eigenvalue weighted by Crippen LogP contribution is -2.36. The van der Waals surface area contributed by atoms with Crippen LogP contribution in [-0.4, -0.2) is 128 Å². The molecule has 240 valence electrons. The highest BCUT2D eigenvalue weighted by Gasteiger charge is 2.44. The van der Waals surface area contributed by atoms with Crippen LogP contribution in [0.3, 0.4) is 0 Å². The van der Waals surface area contributed by atoms with Crippen molar-refractivity contribution in [2.45, 2.75) is 48.0 Å². The van der Waals surface area contributed by atoms with Crippen molar-refractivity contribution >= 4 is 17.8 Å². The lowest BCUT2D eigenvalue weighted by Gasteiger charge is -2.24. The second kappa shape index (κ2) is 21.1. The molecule has 1 aliphatic rings. The van der Waals surface area contributed by atoms with Crippen LogP contribution in [0.4, 0.5) is 0 Å². The number of carbonyl (C=O) groups excluding carboxylic acids is 3. The zero-order valence-electron chi connectivity index (χ0n) is 26.0. The molecule has 1 saturated heterocycles. The molecule has 0 aromatic rings. The maximum atomic E-state index is 12.4. The van der Waals surface area contributed by atoms with Gasteiger partial charge in [-0.3, -0.25) is 19.3 Å². The van der Waals surface area contributed by atoms with Crippen molar-refractivity contribution in [3.05, 3.63) is 0 Å². The number of nitrogens with zero attached hydrogens (tertiary/aromatic N) is 1. The van der Waals surface area contributed by atoms with E-state index in [2.05, 4.69) is 0 Å². The summed E-state index contributed by atoms with van der Waals surface area (Å²) in [6.45, 7) is 17.9. The second-order valence-electron chi connectivity index (χ2n) is 11.7. The van der Waals surface area contributed by atoms with Crippen molar-refractivity contribution in [3.63, 3.8) is 0 Å². The molecule has 0 bridgehead atoms. The predicted molar refractivity (Wildman–Crippen MR) is 150 cm³/mol. The summed E-state index contributed by atoms with van der Waals surface area (Å²) in [6.07, 6.45) is 0.277. The third kappa shape index (κ3) is 17.8. The Morgan fingerprint density at radius 3 is 1.27 bits per heavy atom. The highest BCUT2D eigenvalue weighted by Crippen LogP contribution is 2.35. The maximum Gasteiger partial charge on any atom is 0.311 e. The van der Waals surface area contributed by atoms with Crippen LogP contribution in [0.15, 0.2) is 0 Å². The summed E-state index contributed by atoms with van der Waals surface area (Å²) in [6, 6.07) is 0. The summed E-state index contributed by atoms with van der Waals surface area (Å²) < 4.78 is 43.2. The number of likely N-dealkylation sites (tertiary alicyclic amines) is 1. The Morgan fingerprint density at radius 2 is 0.951 bits per heavy atom. The molecule has 0 aromatic carbocycles. The van der Waals surface area contributed by atoms with Gasteiger partial charge in [0.15, 0.2) is 0 Å². The minimum absolute atomic E-state index is 0.102. The first kappa shape index (κ1) is 37.4. The van der Waals surface area contributed by atoms with Crippen LogP contribution in [0, 0.1) is 16.7 Å². The molecular weight excluding hydrogens is 538 g/mol. The fraction of sp³-hybridized carbons (Fsp3) is 0.897. The molecule has 0 spiro atoms. The molecule has 1 atom stereocenters. The number of rotatable bonds is 24. The van der Waals surface area contributed by atoms with E-state index in [-0.39, 0.29) is 48.7 Å². The van der Waals surface area contributed by atoms with Crippen LogP contribution in [-0.2, 0) is 52.3 Å². The van der Waals surface area contributed by atoms with Gasteiger partial charge in [0.1, 0.15) is 6.61 Å². The maximum absolute atomic E-state index is 12.4. The van der Waals surface area contributed by atoms with E-state index in [0.717, 1.165) is 0 Å². The molecule has 1 rings (SSSR count). The molecule has 0 saturated carbocycles. The molecular formula is C29H53NO11. The largest absolute Gasteiger partial charge is 0.463 e. The Balaban J connectivity index is 1.76. The average Bonchev–Trinajstić information content (AvgIpc) is 3.19. The van der Waals surface area contributed by atoms with Crippen molar-refractivity contribution < 1.29 is 52.3 Å². The average molecular weight is 592 g/mol. The second-order valence-corrected chi connectivity index (χ2v) is 11.7. The number of imide groups is 1. The van der Waals surface area contributed by atoms with Gasteiger partial charge in [-0.25, -0.2) is 0 Å². The fourth-order valence-electron chi connectivity index (χ4n) is 3.58. The summed E-state index contributed by atoms with van der Waals surface area (Å²) in [5, 5.41) is 0. The zero-order valence-corrected chi connectivity index (χ0v) is 26.0. The molecule has 1 heterocycles. The quantitative estimate of drug-likeness (QED) is 0.0930. The highest BCUT2D eigenvalue weighted by molar-refractivity contribution is 6.03. The normalized spacial score (nSPS) is 16.1. The topological polar surface area (TPSA) is 128 Å². The third-order valence-electron chi connectivity index (χ3n) is 6.05. The minimum Gasteiger partial charge on any atom is -0.463 e. The van der Waals surface area contributed by atoms with Gasteiger partial charge < -0.3 is 37.9 Å². The minimum atomic E-state index is -0.503. The Bertz CT molecular complexity index is 733. The van der Waals surface area contributed by atoms with Crippen LogP contribution in [0.25, 0.3) is 0 Å². The Hall–Kier alpha value is -1.67. The molecule has 1 fully saturated rings. The number of esters is 1. The molecule has 12 heteroatoms. The van der Waals surface area contributed by atoms with Crippen LogP contribution in [0.1, 0.15) is 48.0 Å². The number of carbonyl (C=O) groups is 3. The van der Waals surface area contributed by atoms with Crippen molar-refractivity contribution in [1.29, 1.82) is 0 Å². The number of amides is 2. The number of ether oxygens (including phenoxy) is 8. The van der Waals surface area contributed by atoms with E-state index in [1.54, 1.807) is 0 Å². The molecule has 1 unspecified atom stereocenters. The highest BCUT2D eigenvalue weighted by atomic mass is 16.6. The summed E-state index contributed by atoms with van der Waals surface area (Å²) in [5.41, 5.74) is -0.724. The van der Waals surface area contributed by atoms with Gasteiger partial charge in [0.25, 0.3) is 0 Å². The van der Waals surface area contributed by atoms with Crippen LogP contribution in [0.2, 0.25) is 0 Å². The smallest absolute Gasteiger partial charge is 0.311 e. The van der Waals surface area contributed by atoms with Gasteiger partial charge in [-0.1, -0.05) is 20.8 Å². The molecule has 2 amide bonds. The molecule has 0 aliphatic carbocycles.